The van der Waals surface area contributed by atoms with E-state index in [0.717, 1.165) is 31.0 Å². The van der Waals surface area contributed by atoms with Gasteiger partial charge < -0.3 is 19.6 Å². The van der Waals surface area contributed by atoms with Crippen molar-refractivity contribution in [3.63, 3.8) is 0 Å². The number of furan rings is 1. The van der Waals surface area contributed by atoms with Gasteiger partial charge in [0, 0.05) is 17.0 Å². The summed E-state index contributed by atoms with van der Waals surface area (Å²) in [6.45, 7) is 1.32. The van der Waals surface area contributed by atoms with Crippen molar-refractivity contribution in [1.82, 2.24) is 5.32 Å². The van der Waals surface area contributed by atoms with Crippen molar-refractivity contribution in [2.24, 2.45) is 0 Å². The largest absolute Gasteiger partial charge is 0.493 e. The third-order valence-electron chi connectivity index (χ3n) is 4.56. The molecular formula is C20H21NO3. The summed E-state index contributed by atoms with van der Waals surface area (Å²) in [6.07, 6.45) is 2.04. The predicted octanol–water partition coefficient (Wildman–Crippen LogP) is 3.93. The van der Waals surface area contributed by atoms with E-state index in [-0.39, 0.29) is 12.6 Å². The minimum Gasteiger partial charge on any atom is -0.493 e. The highest BCUT2D eigenvalue weighted by Gasteiger charge is 2.21. The Hall–Kier alpha value is -2.30. The quantitative estimate of drug-likeness (QED) is 0.764. The monoisotopic (exact) mass is 323 g/mol. The summed E-state index contributed by atoms with van der Waals surface area (Å²) in [5, 5.41) is 15.1. The standard InChI is InChI=1S/C20H21NO3/c22-13-16-9-8-15(24-16)12-21-19-6-3-11-23-20-17-5-2-1-4-14(17)7-10-18(19)20/h1-2,4-5,7-10,19,21-22H,3,6,11-13H2/t19-/m1/s1. The van der Waals surface area contributed by atoms with E-state index < -0.39 is 0 Å². The molecule has 0 unspecified atom stereocenters. The van der Waals surface area contributed by atoms with Gasteiger partial charge in [-0.05, 0) is 30.4 Å². The molecule has 0 bridgehead atoms. The second-order valence-electron chi connectivity index (χ2n) is 6.16. The third-order valence-corrected chi connectivity index (χ3v) is 4.56. The van der Waals surface area contributed by atoms with E-state index in [0.29, 0.717) is 12.3 Å². The molecule has 2 heterocycles. The van der Waals surface area contributed by atoms with Crippen LogP contribution >= 0.6 is 0 Å². The first kappa shape index (κ1) is 15.2. The fourth-order valence-electron chi connectivity index (χ4n) is 3.35. The molecular weight excluding hydrogens is 302 g/mol. The Morgan fingerprint density at radius 1 is 1.04 bits per heavy atom. The van der Waals surface area contributed by atoms with Gasteiger partial charge in [0.2, 0.25) is 0 Å². The van der Waals surface area contributed by atoms with Gasteiger partial charge in [-0.1, -0.05) is 36.4 Å². The van der Waals surface area contributed by atoms with Crippen molar-refractivity contribution in [1.29, 1.82) is 0 Å². The molecule has 0 spiro atoms. The Bertz CT molecular complexity index is 840. The first-order chi connectivity index (χ1) is 11.8. The predicted molar refractivity (Wildman–Crippen MR) is 92.9 cm³/mol. The average molecular weight is 323 g/mol. The summed E-state index contributed by atoms with van der Waals surface area (Å²) >= 11 is 0. The van der Waals surface area contributed by atoms with Crippen molar-refractivity contribution >= 4 is 10.8 Å². The summed E-state index contributed by atoms with van der Waals surface area (Å²) in [5.74, 6) is 2.44. The van der Waals surface area contributed by atoms with Crippen LogP contribution in [0.15, 0.2) is 52.9 Å². The van der Waals surface area contributed by atoms with E-state index in [1.54, 1.807) is 0 Å². The maximum atomic E-state index is 9.11. The molecule has 0 saturated heterocycles. The highest BCUT2D eigenvalue weighted by molar-refractivity contribution is 5.89. The van der Waals surface area contributed by atoms with Gasteiger partial charge in [-0.15, -0.1) is 0 Å². The minimum absolute atomic E-state index is 0.0634. The molecule has 4 nitrogen and oxygen atoms in total. The molecule has 1 atom stereocenters. The van der Waals surface area contributed by atoms with Crippen LogP contribution in [0, 0.1) is 0 Å². The molecule has 124 valence electrons. The van der Waals surface area contributed by atoms with Crippen LogP contribution in [-0.2, 0) is 13.2 Å². The molecule has 1 aliphatic heterocycles. The number of hydrogen-bond donors (Lipinski definition) is 2. The summed E-state index contributed by atoms with van der Waals surface area (Å²) in [5.41, 5.74) is 1.21. The van der Waals surface area contributed by atoms with Gasteiger partial charge in [0.15, 0.2) is 0 Å². The molecule has 2 aromatic carbocycles. The van der Waals surface area contributed by atoms with Crippen LogP contribution in [0.5, 0.6) is 5.75 Å². The van der Waals surface area contributed by atoms with Crippen molar-refractivity contribution < 1.29 is 14.3 Å². The molecule has 0 fully saturated rings. The van der Waals surface area contributed by atoms with E-state index >= 15 is 0 Å². The Morgan fingerprint density at radius 2 is 1.92 bits per heavy atom. The summed E-state index contributed by atoms with van der Waals surface area (Å²) in [7, 11) is 0. The summed E-state index contributed by atoms with van der Waals surface area (Å²) in [6, 6.07) is 16.6. The fraction of sp³-hybridized carbons (Fsp3) is 0.300. The minimum atomic E-state index is -0.0634. The normalized spacial score (nSPS) is 17.3. The van der Waals surface area contributed by atoms with Crippen LogP contribution in [0.3, 0.4) is 0 Å². The molecule has 0 aliphatic carbocycles. The molecule has 24 heavy (non-hydrogen) atoms. The molecule has 2 N–H and O–H groups in total. The highest BCUT2D eigenvalue weighted by Crippen LogP contribution is 2.37. The number of hydrogen-bond acceptors (Lipinski definition) is 4. The van der Waals surface area contributed by atoms with Gasteiger partial charge in [0.25, 0.3) is 0 Å². The summed E-state index contributed by atoms with van der Waals surface area (Å²) in [4.78, 5) is 0. The van der Waals surface area contributed by atoms with Crippen LogP contribution in [0.4, 0.5) is 0 Å². The molecule has 1 aromatic heterocycles. The molecule has 0 saturated carbocycles. The number of aliphatic hydroxyl groups excluding tert-OH is 1. The Kier molecular flexibility index (Phi) is 4.24. The number of fused-ring (bicyclic) bond motifs is 3. The van der Waals surface area contributed by atoms with E-state index in [1.807, 2.05) is 12.1 Å². The van der Waals surface area contributed by atoms with Gasteiger partial charge in [0.05, 0.1) is 13.2 Å². The van der Waals surface area contributed by atoms with Gasteiger partial charge in [-0.3, -0.25) is 0 Å². The molecule has 4 heteroatoms. The lowest BCUT2D eigenvalue weighted by atomic mass is 9.98. The van der Waals surface area contributed by atoms with Crippen molar-refractivity contribution in [2.75, 3.05) is 6.61 Å². The molecule has 0 radical (unpaired) electrons. The number of nitrogens with one attached hydrogen (secondary N) is 1. The van der Waals surface area contributed by atoms with E-state index in [9.17, 15) is 0 Å². The Morgan fingerprint density at radius 3 is 2.79 bits per heavy atom. The number of rotatable bonds is 4. The number of aliphatic hydroxyl groups is 1. The van der Waals surface area contributed by atoms with Crippen LogP contribution in [0.25, 0.3) is 10.8 Å². The topological polar surface area (TPSA) is 54.6 Å². The van der Waals surface area contributed by atoms with Crippen molar-refractivity contribution in [3.05, 3.63) is 65.6 Å². The molecule has 4 rings (SSSR count). The highest BCUT2D eigenvalue weighted by atomic mass is 16.5. The third kappa shape index (κ3) is 2.90. The Labute approximate surface area is 141 Å². The van der Waals surface area contributed by atoms with Gasteiger partial charge >= 0.3 is 0 Å². The van der Waals surface area contributed by atoms with E-state index in [1.165, 1.54) is 16.3 Å². The van der Waals surface area contributed by atoms with Gasteiger partial charge in [0.1, 0.15) is 23.9 Å². The zero-order valence-electron chi connectivity index (χ0n) is 13.5. The van der Waals surface area contributed by atoms with Crippen molar-refractivity contribution in [3.8, 4) is 5.75 Å². The van der Waals surface area contributed by atoms with Crippen molar-refractivity contribution in [2.45, 2.75) is 32.0 Å². The van der Waals surface area contributed by atoms with Crippen LogP contribution in [0.1, 0.15) is 36.0 Å². The van der Waals surface area contributed by atoms with Gasteiger partial charge in [-0.25, -0.2) is 0 Å². The van der Waals surface area contributed by atoms with Crippen LogP contribution < -0.4 is 10.1 Å². The number of ether oxygens (including phenoxy) is 1. The zero-order chi connectivity index (χ0) is 16.4. The maximum absolute atomic E-state index is 9.11. The lowest BCUT2D eigenvalue weighted by Crippen LogP contribution is -2.20. The van der Waals surface area contributed by atoms with E-state index in [2.05, 4.69) is 41.7 Å². The van der Waals surface area contributed by atoms with Crippen LogP contribution in [0.2, 0.25) is 0 Å². The molecule has 3 aromatic rings. The lowest BCUT2D eigenvalue weighted by molar-refractivity contribution is 0.242. The maximum Gasteiger partial charge on any atom is 0.131 e. The lowest BCUT2D eigenvalue weighted by Gasteiger charge is -2.19. The average Bonchev–Trinajstić information content (AvgIpc) is 2.99. The molecule has 1 aliphatic rings. The molecule has 0 amide bonds. The smallest absolute Gasteiger partial charge is 0.131 e. The Balaban J connectivity index is 1.61. The zero-order valence-corrected chi connectivity index (χ0v) is 13.5. The summed E-state index contributed by atoms with van der Waals surface area (Å²) < 4.78 is 11.6. The fourth-order valence-corrected chi connectivity index (χ4v) is 3.35. The van der Waals surface area contributed by atoms with Gasteiger partial charge in [-0.2, -0.15) is 0 Å². The van der Waals surface area contributed by atoms with Crippen LogP contribution in [-0.4, -0.2) is 11.7 Å². The second-order valence-corrected chi connectivity index (χ2v) is 6.16. The first-order valence-corrected chi connectivity index (χ1v) is 8.41. The first-order valence-electron chi connectivity index (χ1n) is 8.41. The number of benzene rings is 2. The second kappa shape index (κ2) is 6.67. The van der Waals surface area contributed by atoms with E-state index in [4.69, 9.17) is 14.3 Å². The SMILES string of the molecule is OCc1ccc(CN[C@@H]2CCCOc3c2ccc2ccccc32)o1.